The maximum Gasteiger partial charge on any atom is 0.147 e. The molecule has 0 aliphatic carbocycles. The molecular formula is C14H12BrF2N. The van der Waals surface area contributed by atoms with Crippen LogP contribution in [0.2, 0.25) is 0 Å². The Balaban J connectivity index is 2.22. The third-order valence-electron chi connectivity index (χ3n) is 2.68. The van der Waals surface area contributed by atoms with Gasteiger partial charge in [0.15, 0.2) is 0 Å². The lowest BCUT2D eigenvalue weighted by Crippen LogP contribution is -2.08. The zero-order valence-electron chi connectivity index (χ0n) is 9.75. The van der Waals surface area contributed by atoms with E-state index in [0.29, 0.717) is 0 Å². The van der Waals surface area contributed by atoms with Crippen molar-refractivity contribution in [3.63, 3.8) is 0 Å². The first-order valence-corrected chi connectivity index (χ1v) is 6.33. The van der Waals surface area contributed by atoms with Crippen LogP contribution in [0.5, 0.6) is 0 Å². The van der Waals surface area contributed by atoms with Gasteiger partial charge in [-0.1, -0.05) is 30.3 Å². The molecule has 0 spiro atoms. The van der Waals surface area contributed by atoms with Crippen molar-refractivity contribution < 1.29 is 8.78 Å². The van der Waals surface area contributed by atoms with Crippen molar-refractivity contribution in [3.8, 4) is 0 Å². The van der Waals surface area contributed by atoms with Gasteiger partial charge in [0.25, 0.3) is 0 Å². The van der Waals surface area contributed by atoms with E-state index in [4.69, 9.17) is 0 Å². The molecule has 0 amide bonds. The van der Waals surface area contributed by atoms with E-state index in [1.807, 2.05) is 37.3 Å². The van der Waals surface area contributed by atoms with Crippen LogP contribution >= 0.6 is 15.9 Å². The lowest BCUT2D eigenvalue weighted by atomic mass is 10.1. The number of anilines is 1. The first-order chi connectivity index (χ1) is 8.58. The summed E-state index contributed by atoms with van der Waals surface area (Å²) in [5.74, 6) is -0.967. The van der Waals surface area contributed by atoms with Crippen LogP contribution in [-0.2, 0) is 0 Å². The molecule has 0 bridgehead atoms. The molecule has 0 saturated heterocycles. The summed E-state index contributed by atoms with van der Waals surface area (Å²) in [6, 6.07) is 11.8. The molecular weight excluding hydrogens is 300 g/mol. The number of benzene rings is 2. The molecule has 0 aliphatic heterocycles. The van der Waals surface area contributed by atoms with Crippen molar-refractivity contribution in [1.29, 1.82) is 0 Å². The van der Waals surface area contributed by atoms with Gasteiger partial charge >= 0.3 is 0 Å². The molecule has 1 N–H and O–H groups in total. The molecule has 1 nitrogen and oxygen atoms in total. The normalized spacial score (nSPS) is 12.2. The van der Waals surface area contributed by atoms with E-state index in [1.165, 1.54) is 0 Å². The molecule has 0 aromatic heterocycles. The van der Waals surface area contributed by atoms with Crippen LogP contribution in [0.3, 0.4) is 0 Å². The van der Waals surface area contributed by atoms with Crippen LogP contribution < -0.4 is 5.32 Å². The van der Waals surface area contributed by atoms with Crippen molar-refractivity contribution in [1.82, 2.24) is 0 Å². The number of rotatable bonds is 3. The highest BCUT2D eigenvalue weighted by molar-refractivity contribution is 9.10. The average Bonchev–Trinajstić information content (AvgIpc) is 2.37. The molecule has 18 heavy (non-hydrogen) atoms. The number of halogens is 3. The lowest BCUT2D eigenvalue weighted by Gasteiger charge is -2.16. The topological polar surface area (TPSA) is 12.0 Å². The SMILES string of the molecule is CC(Nc1cc(F)c(Br)cc1F)c1ccccc1. The summed E-state index contributed by atoms with van der Waals surface area (Å²) in [5.41, 5.74) is 1.17. The van der Waals surface area contributed by atoms with Gasteiger partial charge in [-0.15, -0.1) is 0 Å². The Labute approximate surface area is 113 Å². The molecule has 0 fully saturated rings. The molecule has 2 aromatic carbocycles. The van der Waals surface area contributed by atoms with Gasteiger partial charge in [-0.25, -0.2) is 8.78 Å². The Bertz CT molecular complexity index is 543. The minimum atomic E-state index is -0.487. The second-order valence-corrected chi connectivity index (χ2v) is 4.88. The fourth-order valence-corrected chi connectivity index (χ4v) is 2.01. The van der Waals surface area contributed by atoms with Crippen LogP contribution in [0.15, 0.2) is 46.9 Å². The van der Waals surface area contributed by atoms with E-state index in [2.05, 4.69) is 21.2 Å². The lowest BCUT2D eigenvalue weighted by molar-refractivity contribution is 0.595. The summed E-state index contributed by atoms with van der Waals surface area (Å²) >= 11 is 2.95. The Kier molecular flexibility index (Phi) is 3.97. The maximum atomic E-state index is 13.6. The second kappa shape index (κ2) is 5.48. The first-order valence-electron chi connectivity index (χ1n) is 5.54. The van der Waals surface area contributed by atoms with Gasteiger partial charge in [-0.3, -0.25) is 0 Å². The van der Waals surface area contributed by atoms with Gasteiger partial charge in [0.2, 0.25) is 0 Å². The third-order valence-corrected chi connectivity index (χ3v) is 3.29. The van der Waals surface area contributed by atoms with E-state index in [9.17, 15) is 8.78 Å². The standard InChI is InChI=1S/C14H12BrF2N/c1-9(10-5-3-2-4-6-10)18-14-8-12(16)11(15)7-13(14)17/h2-9,18H,1H3. The van der Waals surface area contributed by atoms with Crippen LogP contribution in [0.25, 0.3) is 0 Å². The van der Waals surface area contributed by atoms with Crippen molar-refractivity contribution in [2.45, 2.75) is 13.0 Å². The predicted octanol–water partition coefficient (Wildman–Crippen LogP) is 4.90. The van der Waals surface area contributed by atoms with Crippen molar-refractivity contribution in [2.24, 2.45) is 0 Å². The number of hydrogen-bond acceptors (Lipinski definition) is 1. The van der Waals surface area contributed by atoms with Gasteiger partial charge < -0.3 is 5.32 Å². The summed E-state index contributed by atoms with van der Waals surface area (Å²) in [7, 11) is 0. The predicted molar refractivity (Wildman–Crippen MR) is 72.5 cm³/mol. The zero-order valence-corrected chi connectivity index (χ0v) is 11.3. The highest BCUT2D eigenvalue weighted by Gasteiger charge is 2.11. The third kappa shape index (κ3) is 2.88. The minimum absolute atomic E-state index is 0.0960. The Hall–Kier alpha value is -1.42. The maximum absolute atomic E-state index is 13.6. The Morgan fingerprint density at radius 3 is 2.39 bits per heavy atom. The highest BCUT2D eigenvalue weighted by Crippen LogP contribution is 2.26. The molecule has 1 atom stereocenters. The number of nitrogens with one attached hydrogen (secondary N) is 1. The van der Waals surface area contributed by atoms with Crippen LogP contribution in [-0.4, -0.2) is 0 Å². The Morgan fingerprint density at radius 1 is 1.06 bits per heavy atom. The van der Waals surface area contributed by atoms with Gasteiger partial charge in [-0.2, -0.15) is 0 Å². The van der Waals surface area contributed by atoms with E-state index < -0.39 is 11.6 Å². The van der Waals surface area contributed by atoms with Gasteiger partial charge in [0.1, 0.15) is 11.6 Å². The van der Waals surface area contributed by atoms with Gasteiger partial charge in [-0.05, 0) is 34.5 Å². The summed E-state index contributed by atoms with van der Waals surface area (Å²) in [4.78, 5) is 0. The number of hydrogen-bond donors (Lipinski definition) is 1. The average molecular weight is 312 g/mol. The molecule has 2 rings (SSSR count). The van der Waals surface area contributed by atoms with Crippen molar-refractivity contribution >= 4 is 21.6 Å². The zero-order chi connectivity index (χ0) is 13.1. The van der Waals surface area contributed by atoms with Crippen LogP contribution in [0, 0.1) is 11.6 Å². The smallest absolute Gasteiger partial charge is 0.147 e. The van der Waals surface area contributed by atoms with Crippen LogP contribution in [0.4, 0.5) is 14.5 Å². The quantitative estimate of drug-likeness (QED) is 0.795. The molecule has 0 heterocycles. The highest BCUT2D eigenvalue weighted by atomic mass is 79.9. The molecule has 2 aromatic rings. The van der Waals surface area contributed by atoms with E-state index in [-0.39, 0.29) is 16.2 Å². The molecule has 0 saturated carbocycles. The monoisotopic (exact) mass is 311 g/mol. The van der Waals surface area contributed by atoms with E-state index >= 15 is 0 Å². The summed E-state index contributed by atoms with van der Waals surface area (Å²) in [6.45, 7) is 1.90. The van der Waals surface area contributed by atoms with E-state index in [0.717, 1.165) is 17.7 Å². The van der Waals surface area contributed by atoms with Crippen LogP contribution in [0.1, 0.15) is 18.5 Å². The molecule has 0 radical (unpaired) electrons. The summed E-state index contributed by atoms with van der Waals surface area (Å²) < 4.78 is 27.1. The van der Waals surface area contributed by atoms with Gasteiger partial charge in [0.05, 0.1) is 10.2 Å². The Morgan fingerprint density at radius 2 is 1.72 bits per heavy atom. The van der Waals surface area contributed by atoms with Gasteiger partial charge in [0, 0.05) is 12.1 Å². The molecule has 94 valence electrons. The molecule has 4 heteroatoms. The van der Waals surface area contributed by atoms with Crippen molar-refractivity contribution in [3.05, 3.63) is 64.1 Å². The second-order valence-electron chi connectivity index (χ2n) is 4.02. The van der Waals surface area contributed by atoms with E-state index in [1.54, 1.807) is 0 Å². The fraction of sp³-hybridized carbons (Fsp3) is 0.143. The van der Waals surface area contributed by atoms with Crippen molar-refractivity contribution in [2.75, 3.05) is 5.32 Å². The largest absolute Gasteiger partial charge is 0.376 e. The first kappa shape index (κ1) is 13.0. The fourth-order valence-electron chi connectivity index (χ4n) is 1.69. The summed E-state index contributed by atoms with van der Waals surface area (Å²) in [6.07, 6.45) is 0. The molecule has 0 aliphatic rings. The summed E-state index contributed by atoms with van der Waals surface area (Å²) in [5, 5.41) is 2.96. The minimum Gasteiger partial charge on any atom is -0.376 e. The molecule has 1 unspecified atom stereocenters.